The van der Waals surface area contributed by atoms with E-state index in [2.05, 4.69) is 5.16 Å². The average Bonchev–Trinajstić information content (AvgIpc) is 1.98. The molecule has 0 saturated carbocycles. The van der Waals surface area contributed by atoms with Crippen molar-refractivity contribution in [3.05, 3.63) is 29.6 Å². The Morgan fingerprint density at radius 1 is 1.45 bits per heavy atom. The summed E-state index contributed by atoms with van der Waals surface area (Å²) < 4.78 is 12.5. The van der Waals surface area contributed by atoms with Gasteiger partial charge < -0.3 is 10.3 Å². The third-order valence-corrected chi connectivity index (χ3v) is 1.18. The van der Waals surface area contributed by atoms with Crippen molar-refractivity contribution < 1.29 is 14.7 Å². The standard InChI is InChI=1S/C7H6FNO2/c8-6-3-5(4-9-11)1-2-7(6)10/h1-4,10-11H/b9-4+. The number of nitrogens with zero attached hydrogens (tertiary/aromatic N) is 1. The van der Waals surface area contributed by atoms with Gasteiger partial charge in [0.05, 0.1) is 6.21 Å². The van der Waals surface area contributed by atoms with Crippen LogP contribution < -0.4 is 0 Å². The molecule has 0 bridgehead atoms. The van der Waals surface area contributed by atoms with E-state index in [0.29, 0.717) is 5.56 Å². The third kappa shape index (κ3) is 1.67. The van der Waals surface area contributed by atoms with Crippen molar-refractivity contribution in [2.24, 2.45) is 5.16 Å². The lowest BCUT2D eigenvalue weighted by Gasteiger charge is -1.94. The minimum atomic E-state index is -0.734. The molecule has 0 amide bonds. The minimum Gasteiger partial charge on any atom is -0.505 e. The van der Waals surface area contributed by atoms with Crippen LogP contribution in [0.1, 0.15) is 5.56 Å². The summed E-state index contributed by atoms with van der Waals surface area (Å²) in [5.74, 6) is -1.15. The molecule has 2 N–H and O–H groups in total. The average molecular weight is 155 g/mol. The highest BCUT2D eigenvalue weighted by molar-refractivity contribution is 5.79. The molecule has 0 aromatic heterocycles. The quantitative estimate of drug-likeness (QED) is 0.365. The molecule has 4 heteroatoms. The predicted molar refractivity (Wildman–Crippen MR) is 37.4 cm³/mol. The molecule has 1 aromatic carbocycles. The lowest BCUT2D eigenvalue weighted by Crippen LogP contribution is -1.83. The summed E-state index contributed by atoms with van der Waals surface area (Å²) in [6.07, 6.45) is 1.07. The Kier molecular flexibility index (Phi) is 2.06. The van der Waals surface area contributed by atoms with E-state index in [-0.39, 0.29) is 0 Å². The summed E-state index contributed by atoms with van der Waals surface area (Å²) in [6, 6.07) is 3.68. The van der Waals surface area contributed by atoms with E-state index >= 15 is 0 Å². The van der Waals surface area contributed by atoms with Gasteiger partial charge in [0, 0.05) is 0 Å². The number of benzene rings is 1. The van der Waals surface area contributed by atoms with Gasteiger partial charge in [-0.15, -0.1) is 0 Å². The molecule has 3 nitrogen and oxygen atoms in total. The molecule has 58 valence electrons. The van der Waals surface area contributed by atoms with Crippen LogP contribution in [-0.4, -0.2) is 16.5 Å². The minimum absolute atomic E-state index is 0.391. The topological polar surface area (TPSA) is 52.8 Å². The predicted octanol–water partition coefficient (Wildman–Crippen LogP) is 1.34. The Balaban J connectivity index is 3.05. The van der Waals surface area contributed by atoms with Crippen molar-refractivity contribution in [2.45, 2.75) is 0 Å². The fourth-order valence-corrected chi connectivity index (χ4v) is 0.670. The van der Waals surface area contributed by atoms with E-state index < -0.39 is 11.6 Å². The van der Waals surface area contributed by atoms with Gasteiger partial charge in [-0.25, -0.2) is 4.39 Å². The zero-order valence-electron chi connectivity index (χ0n) is 5.53. The van der Waals surface area contributed by atoms with E-state index in [0.717, 1.165) is 12.3 Å². The van der Waals surface area contributed by atoms with Gasteiger partial charge in [-0.1, -0.05) is 5.16 Å². The number of oxime groups is 1. The normalized spacial score (nSPS) is 10.6. The Labute approximate surface area is 62.4 Å². The van der Waals surface area contributed by atoms with Crippen molar-refractivity contribution in [2.75, 3.05) is 0 Å². The van der Waals surface area contributed by atoms with Crippen LogP contribution in [0.25, 0.3) is 0 Å². The molecule has 11 heavy (non-hydrogen) atoms. The summed E-state index contributed by atoms with van der Waals surface area (Å²) in [5.41, 5.74) is 0.391. The zero-order chi connectivity index (χ0) is 8.27. The number of aromatic hydroxyl groups is 1. The summed E-state index contributed by atoms with van der Waals surface area (Å²) in [5, 5.41) is 19.5. The van der Waals surface area contributed by atoms with Gasteiger partial charge in [0.15, 0.2) is 11.6 Å². The van der Waals surface area contributed by atoms with Gasteiger partial charge in [-0.3, -0.25) is 0 Å². The van der Waals surface area contributed by atoms with Crippen molar-refractivity contribution in [3.63, 3.8) is 0 Å². The lowest BCUT2D eigenvalue weighted by atomic mass is 10.2. The van der Waals surface area contributed by atoms with Gasteiger partial charge in [0.1, 0.15) is 0 Å². The maximum absolute atomic E-state index is 12.5. The molecule has 1 aromatic rings. The number of halogens is 1. The van der Waals surface area contributed by atoms with Crippen LogP contribution in [0.15, 0.2) is 23.4 Å². The largest absolute Gasteiger partial charge is 0.505 e. The van der Waals surface area contributed by atoms with Crippen molar-refractivity contribution in [1.29, 1.82) is 0 Å². The van der Waals surface area contributed by atoms with Gasteiger partial charge in [-0.2, -0.15) is 0 Å². The van der Waals surface area contributed by atoms with Gasteiger partial charge >= 0.3 is 0 Å². The van der Waals surface area contributed by atoms with Crippen LogP contribution in [0.3, 0.4) is 0 Å². The van der Waals surface area contributed by atoms with Crippen molar-refractivity contribution in [1.82, 2.24) is 0 Å². The van der Waals surface area contributed by atoms with Gasteiger partial charge in [-0.05, 0) is 23.8 Å². The van der Waals surface area contributed by atoms with Crippen LogP contribution >= 0.6 is 0 Å². The maximum Gasteiger partial charge on any atom is 0.165 e. The van der Waals surface area contributed by atoms with Crippen molar-refractivity contribution >= 4 is 6.21 Å². The monoisotopic (exact) mass is 155 g/mol. The molecule has 0 radical (unpaired) electrons. The molecular weight excluding hydrogens is 149 g/mol. The molecular formula is C7H6FNO2. The second-order valence-corrected chi connectivity index (χ2v) is 1.96. The van der Waals surface area contributed by atoms with Crippen LogP contribution in [0, 0.1) is 5.82 Å². The summed E-state index contributed by atoms with van der Waals surface area (Å²) in [4.78, 5) is 0. The number of phenolic OH excluding ortho intramolecular Hbond substituents is 1. The van der Waals surface area contributed by atoms with E-state index in [9.17, 15) is 4.39 Å². The highest BCUT2D eigenvalue weighted by Gasteiger charge is 1.98. The summed E-state index contributed by atoms with van der Waals surface area (Å²) in [7, 11) is 0. The Morgan fingerprint density at radius 2 is 2.18 bits per heavy atom. The van der Waals surface area contributed by atoms with Gasteiger partial charge in [0.25, 0.3) is 0 Å². The number of phenols is 1. The molecule has 0 aliphatic carbocycles. The molecule has 0 unspecified atom stereocenters. The molecule has 0 spiro atoms. The molecule has 1 rings (SSSR count). The first-order chi connectivity index (χ1) is 5.24. The fourth-order valence-electron chi connectivity index (χ4n) is 0.670. The molecule has 0 fully saturated rings. The maximum atomic E-state index is 12.5. The first-order valence-electron chi connectivity index (χ1n) is 2.90. The van der Waals surface area contributed by atoms with E-state index in [1.165, 1.54) is 12.1 Å². The van der Waals surface area contributed by atoms with Gasteiger partial charge in [0.2, 0.25) is 0 Å². The highest BCUT2D eigenvalue weighted by atomic mass is 19.1. The first-order valence-corrected chi connectivity index (χ1v) is 2.90. The van der Waals surface area contributed by atoms with Crippen LogP contribution in [0.5, 0.6) is 5.75 Å². The third-order valence-electron chi connectivity index (χ3n) is 1.18. The molecule has 0 heterocycles. The second kappa shape index (κ2) is 3.01. The van der Waals surface area contributed by atoms with Crippen LogP contribution in [0.4, 0.5) is 4.39 Å². The summed E-state index contributed by atoms with van der Waals surface area (Å²) >= 11 is 0. The number of hydrogen-bond acceptors (Lipinski definition) is 3. The van der Waals surface area contributed by atoms with Crippen LogP contribution in [0.2, 0.25) is 0 Å². The molecule has 0 aliphatic heterocycles. The lowest BCUT2D eigenvalue weighted by molar-refractivity contribution is 0.322. The molecule has 0 aliphatic rings. The highest BCUT2D eigenvalue weighted by Crippen LogP contribution is 2.14. The zero-order valence-corrected chi connectivity index (χ0v) is 5.53. The summed E-state index contributed by atoms with van der Waals surface area (Å²) in [6.45, 7) is 0. The Morgan fingerprint density at radius 3 is 2.73 bits per heavy atom. The van der Waals surface area contributed by atoms with E-state index in [1.54, 1.807) is 0 Å². The number of rotatable bonds is 1. The molecule has 0 atom stereocenters. The Hall–Kier alpha value is -1.58. The number of hydrogen-bond donors (Lipinski definition) is 2. The van der Waals surface area contributed by atoms with E-state index in [4.69, 9.17) is 10.3 Å². The molecule has 0 saturated heterocycles. The second-order valence-electron chi connectivity index (χ2n) is 1.96. The SMILES string of the molecule is O/N=C/c1ccc(O)c(F)c1. The first kappa shape index (κ1) is 7.53. The fraction of sp³-hybridized carbons (Fsp3) is 0. The smallest absolute Gasteiger partial charge is 0.165 e. The van der Waals surface area contributed by atoms with Crippen LogP contribution in [-0.2, 0) is 0 Å². The van der Waals surface area contributed by atoms with Crippen molar-refractivity contribution in [3.8, 4) is 5.75 Å². The van der Waals surface area contributed by atoms with E-state index in [1.807, 2.05) is 0 Å². The Bertz CT molecular complexity index is 286.